The van der Waals surface area contributed by atoms with Crippen LogP contribution in [-0.4, -0.2) is 24.5 Å². The highest BCUT2D eigenvalue weighted by atomic mass is 14.8. The summed E-state index contributed by atoms with van der Waals surface area (Å²) in [5.74, 6) is 0. The average molecular weight is 391 g/mol. The smallest absolute Gasteiger partial charge is 0.0767 e. The Kier molecular flexibility index (Phi) is 17.8. The summed E-state index contributed by atoms with van der Waals surface area (Å²) in [5, 5.41) is 0. The molecule has 0 amide bonds. The zero-order valence-corrected chi connectivity index (χ0v) is 19.5. The highest BCUT2D eigenvalue weighted by Crippen LogP contribution is 2.16. The molecule has 2 nitrogen and oxygen atoms in total. The molecule has 1 fully saturated rings. The fourth-order valence-electron chi connectivity index (χ4n) is 4.15. The van der Waals surface area contributed by atoms with E-state index in [2.05, 4.69) is 13.8 Å². The van der Waals surface area contributed by atoms with Crippen molar-refractivity contribution in [3.8, 4) is 0 Å². The number of rotatable bonds is 12. The van der Waals surface area contributed by atoms with Crippen molar-refractivity contribution in [2.24, 2.45) is 9.98 Å². The van der Waals surface area contributed by atoms with Crippen molar-refractivity contribution in [2.75, 3.05) is 13.1 Å². The molecule has 28 heavy (non-hydrogen) atoms. The molecule has 1 rings (SSSR count). The molecule has 1 aliphatic rings. The summed E-state index contributed by atoms with van der Waals surface area (Å²) in [6.45, 7) is 6.38. The molecule has 0 bridgehead atoms. The van der Waals surface area contributed by atoms with Crippen LogP contribution in [0.25, 0.3) is 0 Å². The number of nitrogens with zero attached hydrogens (tertiary/aromatic N) is 2. The lowest BCUT2D eigenvalue weighted by molar-refractivity contribution is 0.555. The number of hydrogen-bond acceptors (Lipinski definition) is 2. The Balaban J connectivity index is 2.41. The Morgan fingerprint density at radius 1 is 0.643 bits per heavy atom. The van der Waals surface area contributed by atoms with Gasteiger partial charge in [0.2, 0.25) is 0 Å². The SMILES string of the molecule is CCCCCCCCC/C(CN=C1CCCCCCCCCCC1)=N\CCC. The Bertz CT molecular complexity index is 383. The summed E-state index contributed by atoms with van der Waals surface area (Å²) in [6, 6.07) is 0. The van der Waals surface area contributed by atoms with Crippen LogP contribution < -0.4 is 0 Å². The molecule has 0 spiro atoms. The molecule has 0 saturated heterocycles. The third-order valence-corrected chi connectivity index (χ3v) is 6.04. The van der Waals surface area contributed by atoms with E-state index in [9.17, 15) is 0 Å². The van der Waals surface area contributed by atoms with E-state index in [0.29, 0.717) is 0 Å². The lowest BCUT2D eigenvalue weighted by atomic mass is 10.00. The Hall–Kier alpha value is -0.660. The van der Waals surface area contributed by atoms with Crippen LogP contribution in [0.4, 0.5) is 0 Å². The predicted molar refractivity (Wildman–Crippen MR) is 128 cm³/mol. The lowest BCUT2D eigenvalue weighted by Gasteiger charge is -2.11. The van der Waals surface area contributed by atoms with Gasteiger partial charge in [-0.1, -0.05) is 97.3 Å². The first-order valence-electron chi connectivity index (χ1n) is 12.9. The third-order valence-electron chi connectivity index (χ3n) is 6.04. The lowest BCUT2D eigenvalue weighted by Crippen LogP contribution is -2.09. The molecule has 0 aromatic heterocycles. The van der Waals surface area contributed by atoms with Crippen molar-refractivity contribution in [1.29, 1.82) is 0 Å². The van der Waals surface area contributed by atoms with Crippen molar-refractivity contribution >= 4 is 11.4 Å². The largest absolute Gasteiger partial charge is 0.292 e. The molecule has 0 N–H and O–H groups in total. The van der Waals surface area contributed by atoms with E-state index >= 15 is 0 Å². The summed E-state index contributed by atoms with van der Waals surface area (Å²) in [5.41, 5.74) is 2.86. The van der Waals surface area contributed by atoms with Crippen LogP contribution in [0.1, 0.15) is 142 Å². The molecule has 2 heteroatoms. The van der Waals surface area contributed by atoms with Crippen molar-refractivity contribution in [3.63, 3.8) is 0 Å². The standard InChI is InChI=1S/C26H50N2/c1-3-5-6-7-11-16-19-22-26(27-23-4-2)24-28-25-20-17-14-12-9-8-10-13-15-18-21-25/h3-24H2,1-2H3/b27-26+. The highest BCUT2D eigenvalue weighted by Gasteiger charge is 2.05. The van der Waals surface area contributed by atoms with Crippen LogP contribution in [0.2, 0.25) is 0 Å². The van der Waals surface area contributed by atoms with E-state index in [1.807, 2.05) is 0 Å². The number of aliphatic imine (C=N–C) groups is 2. The predicted octanol–water partition coefficient (Wildman–Crippen LogP) is 8.72. The normalized spacial score (nSPS) is 17.8. The third kappa shape index (κ3) is 15.3. The fraction of sp³-hybridized carbons (Fsp3) is 0.923. The Labute approximate surface area is 177 Å². The molecule has 0 radical (unpaired) electrons. The van der Waals surface area contributed by atoms with Gasteiger partial charge in [-0.3, -0.25) is 9.98 Å². The van der Waals surface area contributed by atoms with Gasteiger partial charge in [-0.25, -0.2) is 0 Å². The van der Waals surface area contributed by atoms with Gasteiger partial charge in [0, 0.05) is 18.0 Å². The average Bonchev–Trinajstić information content (AvgIpc) is 2.70. The summed E-state index contributed by atoms with van der Waals surface area (Å²) < 4.78 is 0. The van der Waals surface area contributed by atoms with E-state index in [0.717, 1.165) is 19.5 Å². The highest BCUT2D eigenvalue weighted by molar-refractivity contribution is 5.91. The van der Waals surface area contributed by atoms with Gasteiger partial charge in [0.15, 0.2) is 0 Å². The molecule has 0 aliphatic heterocycles. The van der Waals surface area contributed by atoms with Gasteiger partial charge >= 0.3 is 0 Å². The topological polar surface area (TPSA) is 24.7 Å². The summed E-state index contributed by atoms with van der Waals surface area (Å²) in [7, 11) is 0. The van der Waals surface area contributed by atoms with Gasteiger partial charge in [-0.2, -0.15) is 0 Å². The van der Waals surface area contributed by atoms with Crippen LogP contribution in [-0.2, 0) is 0 Å². The molecular formula is C26H50N2. The van der Waals surface area contributed by atoms with Gasteiger partial charge in [-0.05, 0) is 44.9 Å². The monoisotopic (exact) mass is 390 g/mol. The van der Waals surface area contributed by atoms with E-state index in [1.54, 1.807) is 0 Å². The minimum Gasteiger partial charge on any atom is -0.292 e. The second-order valence-corrected chi connectivity index (χ2v) is 8.88. The first-order chi connectivity index (χ1) is 13.9. The summed E-state index contributed by atoms with van der Waals surface area (Å²) in [4.78, 5) is 9.98. The van der Waals surface area contributed by atoms with Gasteiger partial charge in [0.1, 0.15) is 0 Å². The van der Waals surface area contributed by atoms with E-state index in [1.165, 1.54) is 133 Å². The van der Waals surface area contributed by atoms with Crippen molar-refractivity contribution in [3.05, 3.63) is 0 Å². The maximum absolute atomic E-state index is 5.09. The Morgan fingerprint density at radius 3 is 1.75 bits per heavy atom. The molecule has 0 aromatic rings. The van der Waals surface area contributed by atoms with Crippen LogP contribution in [0.3, 0.4) is 0 Å². The van der Waals surface area contributed by atoms with Crippen molar-refractivity contribution in [1.82, 2.24) is 0 Å². The van der Waals surface area contributed by atoms with Crippen LogP contribution in [0.15, 0.2) is 9.98 Å². The van der Waals surface area contributed by atoms with E-state index in [-0.39, 0.29) is 0 Å². The summed E-state index contributed by atoms with van der Waals surface area (Å²) in [6.07, 6.45) is 27.1. The molecule has 1 saturated carbocycles. The zero-order chi connectivity index (χ0) is 20.1. The van der Waals surface area contributed by atoms with Crippen molar-refractivity contribution in [2.45, 2.75) is 142 Å². The zero-order valence-electron chi connectivity index (χ0n) is 19.5. The Morgan fingerprint density at radius 2 is 1.18 bits per heavy atom. The molecule has 0 heterocycles. The molecule has 164 valence electrons. The van der Waals surface area contributed by atoms with Gasteiger partial charge < -0.3 is 0 Å². The second kappa shape index (κ2) is 19.6. The van der Waals surface area contributed by atoms with Crippen LogP contribution in [0, 0.1) is 0 Å². The molecule has 0 unspecified atom stereocenters. The second-order valence-electron chi connectivity index (χ2n) is 8.88. The van der Waals surface area contributed by atoms with Crippen LogP contribution in [0.5, 0.6) is 0 Å². The van der Waals surface area contributed by atoms with Gasteiger partial charge in [0.25, 0.3) is 0 Å². The van der Waals surface area contributed by atoms with E-state index in [4.69, 9.17) is 9.98 Å². The quantitative estimate of drug-likeness (QED) is 0.235. The van der Waals surface area contributed by atoms with Gasteiger partial charge in [0.05, 0.1) is 6.54 Å². The first kappa shape index (κ1) is 25.4. The molecule has 0 atom stereocenters. The summed E-state index contributed by atoms with van der Waals surface area (Å²) >= 11 is 0. The molecule has 0 aromatic carbocycles. The molecule has 1 aliphatic carbocycles. The van der Waals surface area contributed by atoms with Crippen molar-refractivity contribution < 1.29 is 0 Å². The molecular weight excluding hydrogens is 340 g/mol. The maximum Gasteiger partial charge on any atom is 0.0767 e. The number of hydrogen-bond donors (Lipinski definition) is 0. The van der Waals surface area contributed by atoms with Crippen LogP contribution >= 0.6 is 0 Å². The number of unbranched alkanes of at least 4 members (excludes halogenated alkanes) is 6. The van der Waals surface area contributed by atoms with Gasteiger partial charge in [-0.15, -0.1) is 0 Å². The minimum absolute atomic E-state index is 0.880. The minimum atomic E-state index is 0.880. The van der Waals surface area contributed by atoms with E-state index < -0.39 is 0 Å². The maximum atomic E-state index is 5.09. The fourth-order valence-corrected chi connectivity index (χ4v) is 4.15. The first-order valence-corrected chi connectivity index (χ1v) is 12.9.